The highest BCUT2D eigenvalue weighted by atomic mass is 16.5. The molecule has 0 aliphatic heterocycles. The van der Waals surface area contributed by atoms with Crippen molar-refractivity contribution in [3.05, 3.63) is 88.7 Å². The van der Waals surface area contributed by atoms with Gasteiger partial charge in [0.05, 0.1) is 6.61 Å². The number of benzene rings is 2. The van der Waals surface area contributed by atoms with Crippen molar-refractivity contribution < 1.29 is 9.53 Å². The van der Waals surface area contributed by atoms with Gasteiger partial charge in [-0.1, -0.05) is 37.3 Å². The molecule has 0 radical (unpaired) electrons. The predicted octanol–water partition coefficient (Wildman–Crippen LogP) is 3.21. The van der Waals surface area contributed by atoms with Gasteiger partial charge in [0.2, 0.25) is 11.6 Å². The maximum Gasteiger partial charge on any atom is 0.300 e. The molecule has 0 unspecified atom stereocenters. The number of rotatable bonds is 10. The first-order chi connectivity index (χ1) is 16.5. The molecular weight excluding hydrogens is 430 g/mol. The SMILES string of the molecule is CCOc1ccc(-n2ccn3c(C[C@H](C)CC(=O)NCCc4ccccc4)nnc3c2=O)cc1. The number of amides is 1. The van der Waals surface area contributed by atoms with Gasteiger partial charge in [-0.15, -0.1) is 10.2 Å². The van der Waals surface area contributed by atoms with Gasteiger partial charge in [-0.25, -0.2) is 0 Å². The second-order valence-corrected chi connectivity index (χ2v) is 8.31. The first-order valence-electron chi connectivity index (χ1n) is 11.5. The molecule has 0 aliphatic rings. The lowest BCUT2D eigenvalue weighted by Gasteiger charge is -2.11. The van der Waals surface area contributed by atoms with Crippen LogP contribution in [-0.4, -0.2) is 38.2 Å². The number of aromatic nitrogens is 4. The largest absolute Gasteiger partial charge is 0.494 e. The van der Waals surface area contributed by atoms with E-state index in [1.165, 1.54) is 10.1 Å². The number of hydrogen-bond acceptors (Lipinski definition) is 5. The van der Waals surface area contributed by atoms with Crippen LogP contribution in [0.1, 0.15) is 31.7 Å². The van der Waals surface area contributed by atoms with E-state index in [2.05, 4.69) is 27.6 Å². The number of nitrogens with zero attached hydrogens (tertiary/aromatic N) is 4. The van der Waals surface area contributed by atoms with Gasteiger partial charge in [-0.05, 0) is 49.1 Å². The fraction of sp³-hybridized carbons (Fsp3) is 0.308. The molecule has 0 fully saturated rings. The Morgan fingerprint density at radius 3 is 2.56 bits per heavy atom. The summed E-state index contributed by atoms with van der Waals surface area (Å²) in [6.45, 7) is 5.11. The van der Waals surface area contributed by atoms with Crippen molar-refractivity contribution in [2.24, 2.45) is 5.92 Å². The molecule has 0 saturated heterocycles. The lowest BCUT2D eigenvalue weighted by Crippen LogP contribution is -2.27. The fourth-order valence-electron chi connectivity index (χ4n) is 3.91. The second-order valence-electron chi connectivity index (χ2n) is 8.31. The minimum Gasteiger partial charge on any atom is -0.494 e. The van der Waals surface area contributed by atoms with Gasteiger partial charge in [0.1, 0.15) is 11.6 Å². The summed E-state index contributed by atoms with van der Waals surface area (Å²) in [4.78, 5) is 25.3. The number of carbonyl (C=O) groups excluding carboxylic acids is 1. The summed E-state index contributed by atoms with van der Waals surface area (Å²) in [7, 11) is 0. The van der Waals surface area contributed by atoms with Gasteiger partial charge in [-0.3, -0.25) is 18.6 Å². The van der Waals surface area contributed by atoms with Crippen molar-refractivity contribution >= 4 is 11.6 Å². The standard InChI is InChI=1S/C26H29N5O3/c1-3-34-22-11-9-21(10-12-22)30-15-16-31-23(28-29-25(31)26(30)33)17-19(2)18-24(32)27-14-13-20-7-5-4-6-8-20/h4-12,15-16,19H,3,13-14,17-18H2,1-2H3,(H,27,32)/t19-/m0/s1. The minimum absolute atomic E-state index is 0.00936. The third-order valence-electron chi connectivity index (χ3n) is 5.61. The normalized spacial score (nSPS) is 11.9. The maximum atomic E-state index is 13.0. The van der Waals surface area contributed by atoms with Gasteiger partial charge in [-0.2, -0.15) is 0 Å². The predicted molar refractivity (Wildman–Crippen MR) is 130 cm³/mol. The van der Waals surface area contributed by atoms with Crippen molar-refractivity contribution in [2.75, 3.05) is 13.2 Å². The van der Waals surface area contributed by atoms with Crippen LogP contribution in [0.4, 0.5) is 0 Å². The fourth-order valence-corrected chi connectivity index (χ4v) is 3.91. The molecule has 1 amide bonds. The van der Waals surface area contributed by atoms with Crippen LogP contribution in [0.2, 0.25) is 0 Å². The molecule has 0 spiro atoms. The van der Waals surface area contributed by atoms with E-state index in [0.29, 0.717) is 31.8 Å². The number of hydrogen-bond donors (Lipinski definition) is 1. The van der Waals surface area contributed by atoms with E-state index in [1.54, 1.807) is 16.8 Å². The summed E-state index contributed by atoms with van der Waals surface area (Å²) in [5.74, 6) is 1.48. The lowest BCUT2D eigenvalue weighted by molar-refractivity contribution is -0.121. The van der Waals surface area contributed by atoms with Gasteiger partial charge in [0.15, 0.2) is 0 Å². The molecular formula is C26H29N5O3. The van der Waals surface area contributed by atoms with E-state index in [0.717, 1.165) is 17.9 Å². The van der Waals surface area contributed by atoms with Crippen LogP contribution in [0.3, 0.4) is 0 Å². The minimum atomic E-state index is -0.253. The Hall–Kier alpha value is -3.94. The molecule has 0 aliphatic carbocycles. The molecule has 2 aromatic heterocycles. The Morgan fingerprint density at radius 2 is 1.82 bits per heavy atom. The molecule has 34 heavy (non-hydrogen) atoms. The average Bonchev–Trinajstić information content (AvgIpc) is 3.24. The zero-order valence-electron chi connectivity index (χ0n) is 19.5. The molecule has 2 heterocycles. The molecule has 8 heteroatoms. The summed E-state index contributed by atoms with van der Waals surface area (Å²) >= 11 is 0. The number of fused-ring (bicyclic) bond motifs is 1. The number of ether oxygens (including phenoxy) is 1. The summed E-state index contributed by atoms with van der Waals surface area (Å²) in [5, 5.41) is 11.3. The Kier molecular flexibility index (Phi) is 7.37. The van der Waals surface area contributed by atoms with Gasteiger partial charge in [0.25, 0.3) is 0 Å². The first kappa shape index (κ1) is 23.2. The van der Waals surface area contributed by atoms with Gasteiger partial charge >= 0.3 is 5.56 Å². The molecule has 0 saturated carbocycles. The van der Waals surface area contributed by atoms with Crippen molar-refractivity contribution in [1.29, 1.82) is 0 Å². The van der Waals surface area contributed by atoms with Crippen LogP contribution in [0.25, 0.3) is 11.3 Å². The Bertz CT molecular complexity index is 1300. The zero-order valence-corrected chi connectivity index (χ0v) is 19.5. The quantitative estimate of drug-likeness (QED) is 0.393. The Balaban J connectivity index is 1.38. The molecule has 2 aromatic carbocycles. The second kappa shape index (κ2) is 10.8. The summed E-state index contributed by atoms with van der Waals surface area (Å²) in [6.07, 6.45) is 5.22. The Labute approximate surface area is 198 Å². The van der Waals surface area contributed by atoms with E-state index < -0.39 is 0 Å². The monoisotopic (exact) mass is 459 g/mol. The number of carbonyl (C=O) groups is 1. The van der Waals surface area contributed by atoms with E-state index in [4.69, 9.17) is 4.74 Å². The lowest BCUT2D eigenvalue weighted by atomic mass is 10.0. The van der Waals surface area contributed by atoms with Crippen LogP contribution in [-0.2, 0) is 17.6 Å². The van der Waals surface area contributed by atoms with E-state index in [1.807, 2.05) is 56.3 Å². The van der Waals surface area contributed by atoms with E-state index in [-0.39, 0.29) is 23.0 Å². The molecule has 0 bridgehead atoms. The smallest absolute Gasteiger partial charge is 0.300 e. The van der Waals surface area contributed by atoms with Crippen LogP contribution < -0.4 is 15.6 Å². The van der Waals surface area contributed by atoms with Crippen molar-refractivity contribution in [1.82, 2.24) is 24.5 Å². The summed E-state index contributed by atoms with van der Waals surface area (Å²) in [6, 6.07) is 17.4. The van der Waals surface area contributed by atoms with Crippen molar-refractivity contribution in [3.8, 4) is 11.4 Å². The zero-order chi connectivity index (χ0) is 23.9. The highest BCUT2D eigenvalue weighted by molar-refractivity contribution is 5.76. The van der Waals surface area contributed by atoms with Crippen LogP contribution in [0.5, 0.6) is 5.75 Å². The van der Waals surface area contributed by atoms with Gasteiger partial charge in [0, 0.05) is 37.5 Å². The van der Waals surface area contributed by atoms with E-state index in [9.17, 15) is 9.59 Å². The van der Waals surface area contributed by atoms with Gasteiger partial charge < -0.3 is 10.1 Å². The van der Waals surface area contributed by atoms with Crippen molar-refractivity contribution in [3.63, 3.8) is 0 Å². The summed E-state index contributed by atoms with van der Waals surface area (Å²) in [5.41, 5.74) is 1.92. The molecule has 1 N–H and O–H groups in total. The molecule has 176 valence electrons. The summed E-state index contributed by atoms with van der Waals surface area (Å²) < 4.78 is 8.70. The molecule has 4 rings (SSSR count). The molecule has 4 aromatic rings. The third kappa shape index (κ3) is 5.51. The topological polar surface area (TPSA) is 90.5 Å². The number of nitrogens with one attached hydrogen (secondary N) is 1. The third-order valence-corrected chi connectivity index (χ3v) is 5.61. The highest BCUT2D eigenvalue weighted by Crippen LogP contribution is 2.15. The maximum absolute atomic E-state index is 13.0. The van der Waals surface area contributed by atoms with Crippen LogP contribution in [0.15, 0.2) is 71.8 Å². The molecule has 1 atom stereocenters. The first-order valence-corrected chi connectivity index (χ1v) is 11.5. The Morgan fingerprint density at radius 1 is 1.06 bits per heavy atom. The molecule has 8 nitrogen and oxygen atoms in total. The van der Waals surface area contributed by atoms with Crippen molar-refractivity contribution in [2.45, 2.75) is 33.1 Å². The van der Waals surface area contributed by atoms with Crippen LogP contribution >= 0.6 is 0 Å². The van der Waals surface area contributed by atoms with E-state index >= 15 is 0 Å². The average molecular weight is 460 g/mol. The van der Waals surface area contributed by atoms with Crippen LogP contribution in [0, 0.1) is 5.92 Å². The highest BCUT2D eigenvalue weighted by Gasteiger charge is 2.16.